The molecule has 2 saturated carbocycles. The van der Waals surface area contributed by atoms with E-state index in [1.807, 2.05) is 20.8 Å². The number of halogens is 2. The van der Waals surface area contributed by atoms with Crippen molar-refractivity contribution in [1.82, 2.24) is 0 Å². The molecule has 2 aliphatic carbocycles. The summed E-state index contributed by atoms with van der Waals surface area (Å²) < 4.78 is 61.8. The molecular weight excluding hydrogens is 392 g/mol. The average molecular weight is 417 g/mol. The molecule has 1 aromatic rings. The first-order chi connectivity index (χ1) is 12.9. The van der Waals surface area contributed by atoms with Crippen LogP contribution in [-0.2, 0) is 14.9 Å². The molecular formula is C19H25F2NO5S. The zero-order valence-corrected chi connectivity index (χ0v) is 16.9. The minimum absolute atomic E-state index is 0.0152. The molecule has 2 unspecified atom stereocenters. The van der Waals surface area contributed by atoms with Gasteiger partial charge in [0.1, 0.15) is 12.4 Å². The molecule has 156 valence electrons. The fraction of sp³-hybridized carbons (Fsp3) is 0.632. The van der Waals surface area contributed by atoms with Crippen molar-refractivity contribution in [1.29, 1.82) is 0 Å². The zero-order chi connectivity index (χ0) is 20.9. The summed E-state index contributed by atoms with van der Waals surface area (Å²) in [5.74, 6) is -1.92. The number of carbonyl (C=O) groups excluding carboxylic acids is 1. The molecule has 9 heteroatoms. The number of fused-ring (bicyclic) bond motifs is 3. The Morgan fingerprint density at radius 1 is 1.32 bits per heavy atom. The van der Waals surface area contributed by atoms with Gasteiger partial charge in [0.05, 0.1) is 22.9 Å². The van der Waals surface area contributed by atoms with E-state index >= 15 is 0 Å². The number of ether oxygens (including phenoxy) is 1. The van der Waals surface area contributed by atoms with E-state index in [9.17, 15) is 22.0 Å². The second-order valence-electron chi connectivity index (χ2n) is 8.49. The quantitative estimate of drug-likeness (QED) is 0.717. The predicted molar refractivity (Wildman–Crippen MR) is 99.9 cm³/mol. The van der Waals surface area contributed by atoms with Gasteiger partial charge in [-0.3, -0.25) is 9.35 Å². The standard InChI is InChI=1S/C10H16O4S.C9H9F2NO/c1-9(2)7-3-4-10(9,8(11)5-7)6-15(12,13)14;1-5-4-13-9-7(12-5)3-2-6(10)8(9)11/h7H,3-6H2,1-2H3,(H,12,13,14);2-3,5,12H,4H2,1H3/t;5-/m.0/s1. The fourth-order valence-electron chi connectivity index (χ4n) is 4.72. The molecule has 0 spiro atoms. The van der Waals surface area contributed by atoms with Crippen LogP contribution in [0.25, 0.3) is 0 Å². The van der Waals surface area contributed by atoms with E-state index in [4.69, 9.17) is 9.29 Å². The van der Waals surface area contributed by atoms with Crippen LogP contribution in [0.3, 0.4) is 0 Å². The van der Waals surface area contributed by atoms with Crippen molar-refractivity contribution in [2.45, 2.75) is 46.1 Å². The zero-order valence-electron chi connectivity index (χ0n) is 16.1. The Morgan fingerprint density at radius 2 is 2.00 bits per heavy atom. The van der Waals surface area contributed by atoms with E-state index in [0.29, 0.717) is 25.1 Å². The fourth-order valence-corrected chi connectivity index (χ4v) is 6.02. The molecule has 0 aromatic heterocycles. The number of hydrogen-bond donors (Lipinski definition) is 2. The molecule has 2 N–H and O–H groups in total. The first-order valence-electron chi connectivity index (χ1n) is 9.23. The lowest BCUT2D eigenvalue weighted by molar-refractivity contribution is -0.128. The SMILES string of the molecule is CC1(C)C2CCC1(CS(=O)(=O)O)C(=O)C2.C[C@H]1COc2c(ccc(F)c2F)N1. The van der Waals surface area contributed by atoms with Crippen LogP contribution in [0.4, 0.5) is 14.5 Å². The monoisotopic (exact) mass is 417 g/mol. The van der Waals surface area contributed by atoms with Crippen molar-refractivity contribution in [3.63, 3.8) is 0 Å². The van der Waals surface area contributed by atoms with Gasteiger partial charge >= 0.3 is 0 Å². The number of benzene rings is 1. The molecule has 0 amide bonds. The molecule has 2 fully saturated rings. The van der Waals surface area contributed by atoms with Gasteiger partial charge in [-0.2, -0.15) is 12.8 Å². The van der Waals surface area contributed by atoms with Crippen LogP contribution in [0.2, 0.25) is 0 Å². The summed E-state index contributed by atoms with van der Waals surface area (Å²) in [4.78, 5) is 11.9. The molecule has 1 aliphatic heterocycles. The van der Waals surface area contributed by atoms with Crippen molar-refractivity contribution < 1.29 is 31.3 Å². The first kappa shape index (κ1) is 21.0. The van der Waals surface area contributed by atoms with Crippen LogP contribution in [0.15, 0.2) is 12.1 Å². The first-order valence-corrected chi connectivity index (χ1v) is 10.8. The smallest absolute Gasteiger partial charge is 0.265 e. The molecule has 3 atom stereocenters. The number of anilines is 1. The Hall–Kier alpha value is -1.74. The second kappa shape index (κ2) is 6.95. The summed E-state index contributed by atoms with van der Waals surface area (Å²) in [7, 11) is -4.08. The normalized spacial score (nSPS) is 30.0. The highest BCUT2D eigenvalue weighted by Gasteiger charge is 2.65. The molecule has 1 heterocycles. The summed E-state index contributed by atoms with van der Waals surface area (Å²) in [6.07, 6.45) is 1.97. The Labute approximate surface area is 163 Å². The van der Waals surface area contributed by atoms with Gasteiger partial charge in [0.15, 0.2) is 11.6 Å². The lowest BCUT2D eigenvalue weighted by atomic mass is 9.70. The Morgan fingerprint density at radius 3 is 2.54 bits per heavy atom. The molecule has 0 saturated heterocycles. The van der Waals surface area contributed by atoms with Gasteiger partial charge in [-0.15, -0.1) is 0 Å². The molecule has 4 rings (SSSR count). The third kappa shape index (κ3) is 3.50. The van der Waals surface area contributed by atoms with Crippen molar-refractivity contribution in [3.8, 4) is 5.75 Å². The van der Waals surface area contributed by atoms with Gasteiger partial charge in [0.25, 0.3) is 10.1 Å². The van der Waals surface area contributed by atoms with Gasteiger partial charge in [-0.05, 0) is 43.2 Å². The summed E-state index contributed by atoms with van der Waals surface area (Å²) in [6, 6.07) is 2.68. The number of rotatable bonds is 2. The Bertz CT molecular complexity index is 902. The summed E-state index contributed by atoms with van der Waals surface area (Å²) in [6.45, 7) is 6.15. The van der Waals surface area contributed by atoms with E-state index in [1.165, 1.54) is 6.07 Å². The second-order valence-corrected chi connectivity index (χ2v) is 9.94. The van der Waals surface area contributed by atoms with Crippen LogP contribution in [0, 0.1) is 28.4 Å². The van der Waals surface area contributed by atoms with E-state index in [1.54, 1.807) is 0 Å². The molecule has 1 aromatic carbocycles. The third-order valence-electron chi connectivity index (χ3n) is 6.50. The number of carbonyl (C=O) groups is 1. The highest BCUT2D eigenvalue weighted by atomic mass is 32.2. The number of Topliss-reactive ketones (excluding diaryl/α,β-unsaturated/α-hetero) is 1. The van der Waals surface area contributed by atoms with Gasteiger partial charge in [0.2, 0.25) is 5.82 Å². The maximum Gasteiger partial charge on any atom is 0.265 e. The Balaban J connectivity index is 0.000000162. The molecule has 0 radical (unpaired) electrons. The predicted octanol–water partition coefficient (Wildman–Crippen LogP) is 3.43. The maximum absolute atomic E-state index is 13.1. The number of hydrogen-bond acceptors (Lipinski definition) is 5. The average Bonchev–Trinajstić information content (AvgIpc) is 2.91. The van der Waals surface area contributed by atoms with Gasteiger partial charge in [-0.25, -0.2) is 4.39 Å². The molecule has 2 bridgehead atoms. The lowest BCUT2D eigenvalue weighted by Crippen LogP contribution is -2.42. The third-order valence-corrected chi connectivity index (χ3v) is 7.36. The molecule has 28 heavy (non-hydrogen) atoms. The lowest BCUT2D eigenvalue weighted by Gasteiger charge is -2.35. The molecule has 6 nitrogen and oxygen atoms in total. The van der Waals surface area contributed by atoms with Crippen molar-refractivity contribution in [2.75, 3.05) is 17.7 Å². The van der Waals surface area contributed by atoms with E-state index in [-0.39, 0.29) is 28.9 Å². The van der Waals surface area contributed by atoms with Crippen molar-refractivity contribution >= 4 is 21.6 Å². The number of nitrogens with one attached hydrogen (secondary N) is 1. The van der Waals surface area contributed by atoms with Crippen LogP contribution < -0.4 is 10.1 Å². The summed E-state index contributed by atoms with van der Waals surface area (Å²) in [5.41, 5.74) is -0.608. The summed E-state index contributed by atoms with van der Waals surface area (Å²) >= 11 is 0. The van der Waals surface area contributed by atoms with Crippen molar-refractivity contribution in [2.24, 2.45) is 16.7 Å². The van der Waals surface area contributed by atoms with Crippen LogP contribution in [-0.4, -0.2) is 37.2 Å². The van der Waals surface area contributed by atoms with Gasteiger partial charge < -0.3 is 10.1 Å². The highest BCUT2D eigenvalue weighted by molar-refractivity contribution is 7.85. The van der Waals surface area contributed by atoms with E-state index < -0.39 is 32.9 Å². The van der Waals surface area contributed by atoms with Gasteiger partial charge in [-0.1, -0.05) is 13.8 Å². The topological polar surface area (TPSA) is 92.7 Å². The largest absolute Gasteiger partial charge is 0.486 e. The highest BCUT2D eigenvalue weighted by Crippen LogP contribution is 2.64. The van der Waals surface area contributed by atoms with Gasteiger partial charge in [0, 0.05) is 6.42 Å². The van der Waals surface area contributed by atoms with E-state index in [2.05, 4.69) is 5.32 Å². The summed E-state index contributed by atoms with van der Waals surface area (Å²) in [5, 5.41) is 3.00. The number of ketones is 1. The Kier molecular flexibility index (Phi) is 5.21. The van der Waals surface area contributed by atoms with Crippen LogP contribution >= 0.6 is 0 Å². The van der Waals surface area contributed by atoms with Crippen LogP contribution in [0.5, 0.6) is 5.75 Å². The van der Waals surface area contributed by atoms with Crippen molar-refractivity contribution in [3.05, 3.63) is 23.8 Å². The molecule has 3 aliphatic rings. The minimum atomic E-state index is -4.08. The maximum atomic E-state index is 13.1. The van der Waals surface area contributed by atoms with Crippen LogP contribution in [0.1, 0.15) is 40.0 Å². The minimum Gasteiger partial charge on any atom is -0.486 e. The van der Waals surface area contributed by atoms with E-state index in [0.717, 1.165) is 12.5 Å².